The third kappa shape index (κ3) is 3.79. The Labute approximate surface area is 202 Å². The van der Waals surface area contributed by atoms with Crippen LogP contribution in [0.3, 0.4) is 0 Å². The van der Waals surface area contributed by atoms with Crippen LogP contribution in [0.1, 0.15) is 18.7 Å². The van der Waals surface area contributed by atoms with E-state index in [0.717, 1.165) is 4.57 Å². The number of halogens is 2. The second-order valence-corrected chi connectivity index (χ2v) is 9.04. The summed E-state index contributed by atoms with van der Waals surface area (Å²) < 4.78 is 9.92. The van der Waals surface area contributed by atoms with Gasteiger partial charge in [-0.2, -0.15) is 4.98 Å². The highest BCUT2D eigenvalue weighted by Gasteiger charge is 2.27. The number of aromatic nitrogens is 6. The minimum atomic E-state index is -0.474. The van der Waals surface area contributed by atoms with E-state index in [-0.39, 0.29) is 35.6 Å². The van der Waals surface area contributed by atoms with Crippen molar-refractivity contribution in [3.63, 3.8) is 0 Å². The van der Waals surface area contributed by atoms with Gasteiger partial charge in [-0.05, 0) is 31.0 Å². The van der Waals surface area contributed by atoms with E-state index in [1.54, 1.807) is 29.8 Å². The first kappa shape index (κ1) is 22.6. The quantitative estimate of drug-likeness (QED) is 0.445. The van der Waals surface area contributed by atoms with Crippen LogP contribution in [0, 0.1) is 0 Å². The van der Waals surface area contributed by atoms with Crippen LogP contribution in [0.25, 0.3) is 22.6 Å². The van der Waals surface area contributed by atoms with Crippen LogP contribution >= 0.6 is 23.2 Å². The molecule has 178 valence electrons. The standard InChI is InChI=1S/C21H21Cl2N7O4/c1-27-17-16(19(32)28(2)21(27)33)30(20(24-17)29-7-5-12(31)6-8-29)10-15-25-26-18(34-15)11-3-4-13(22)14(23)9-11/h3-4,9,12,31H,5-8,10H2,1-2H3. The second-order valence-electron chi connectivity index (χ2n) is 8.22. The molecule has 13 heteroatoms. The van der Waals surface area contributed by atoms with Crippen molar-refractivity contribution in [1.29, 1.82) is 0 Å². The van der Waals surface area contributed by atoms with Gasteiger partial charge in [-0.3, -0.25) is 18.5 Å². The molecule has 1 fully saturated rings. The van der Waals surface area contributed by atoms with Crippen molar-refractivity contribution < 1.29 is 9.52 Å². The number of aryl methyl sites for hydroxylation is 1. The van der Waals surface area contributed by atoms with Gasteiger partial charge in [0.15, 0.2) is 11.2 Å². The van der Waals surface area contributed by atoms with Crippen molar-refractivity contribution in [1.82, 2.24) is 28.9 Å². The number of rotatable bonds is 4. The normalized spacial score (nSPS) is 14.9. The third-order valence-electron chi connectivity index (χ3n) is 6.00. The number of aliphatic hydroxyl groups excluding tert-OH is 1. The summed E-state index contributed by atoms with van der Waals surface area (Å²) in [6.45, 7) is 1.17. The summed E-state index contributed by atoms with van der Waals surface area (Å²) in [5.74, 6) is 0.991. The monoisotopic (exact) mass is 505 g/mol. The molecule has 0 saturated carbocycles. The molecule has 0 aliphatic carbocycles. The van der Waals surface area contributed by atoms with Crippen molar-refractivity contribution in [2.75, 3.05) is 18.0 Å². The lowest BCUT2D eigenvalue weighted by atomic mass is 10.1. The Bertz CT molecular complexity index is 1510. The zero-order valence-corrected chi connectivity index (χ0v) is 19.9. The number of piperidine rings is 1. The van der Waals surface area contributed by atoms with Gasteiger partial charge in [-0.1, -0.05) is 23.2 Å². The molecule has 11 nitrogen and oxygen atoms in total. The molecule has 0 atom stereocenters. The summed E-state index contributed by atoms with van der Waals surface area (Å²) >= 11 is 12.1. The van der Waals surface area contributed by atoms with Crippen LogP contribution in [0.2, 0.25) is 10.0 Å². The predicted molar refractivity (Wildman–Crippen MR) is 127 cm³/mol. The number of anilines is 1. The molecule has 4 aromatic rings. The molecule has 0 bridgehead atoms. The van der Waals surface area contributed by atoms with Crippen LogP contribution < -0.4 is 16.1 Å². The average molecular weight is 506 g/mol. The maximum absolute atomic E-state index is 13.1. The minimum Gasteiger partial charge on any atom is -0.419 e. The van der Waals surface area contributed by atoms with E-state index in [1.165, 1.54) is 11.6 Å². The first-order chi connectivity index (χ1) is 16.2. The Hall–Kier alpha value is -3.15. The molecule has 1 aromatic carbocycles. The van der Waals surface area contributed by atoms with Crippen molar-refractivity contribution in [3.05, 3.63) is 55.0 Å². The Balaban J connectivity index is 1.61. The lowest BCUT2D eigenvalue weighted by molar-refractivity contribution is 0.145. The van der Waals surface area contributed by atoms with E-state index in [4.69, 9.17) is 27.6 Å². The predicted octanol–water partition coefficient (Wildman–Crippen LogP) is 1.80. The first-order valence-electron chi connectivity index (χ1n) is 10.6. The van der Waals surface area contributed by atoms with Gasteiger partial charge >= 0.3 is 5.69 Å². The van der Waals surface area contributed by atoms with E-state index in [0.29, 0.717) is 47.5 Å². The number of hydrogen-bond donors (Lipinski definition) is 1. The van der Waals surface area contributed by atoms with Gasteiger partial charge in [0.05, 0.1) is 16.1 Å². The molecule has 1 saturated heterocycles. The Morgan fingerprint density at radius 2 is 1.82 bits per heavy atom. The molecule has 0 unspecified atom stereocenters. The van der Waals surface area contributed by atoms with E-state index in [9.17, 15) is 14.7 Å². The van der Waals surface area contributed by atoms with Gasteiger partial charge in [-0.15, -0.1) is 10.2 Å². The molecule has 1 aliphatic rings. The molecule has 0 radical (unpaired) electrons. The zero-order valence-electron chi connectivity index (χ0n) is 18.4. The van der Waals surface area contributed by atoms with Crippen LogP contribution in [0.15, 0.2) is 32.2 Å². The Kier molecular flexibility index (Phi) is 5.70. The molecular weight excluding hydrogens is 485 g/mol. The lowest BCUT2D eigenvalue weighted by Crippen LogP contribution is -2.38. The zero-order chi connectivity index (χ0) is 24.1. The fourth-order valence-corrected chi connectivity index (χ4v) is 4.39. The average Bonchev–Trinajstić information content (AvgIpc) is 3.44. The molecule has 0 spiro atoms. The van der Waals surface area contributed by atoms with Gasteiger partial charge in [0, 0.05) is 32.7 Å². The van der Waals surface area contributed by atoms with Crippen LogP contribution in [-0.4, -0.2) is 53.2 Å². The first-order valence-corrected chi connectivity index (χ1v) is 11.4. The number of fused-ring (bicyclic) bond motifs is 1. The van der Waals surface area contributed by atoms with Gasteiger partial charge in [0.2, 0.25) is 17.7 Å². The largest absolute Gasteiger partial charge is 0.419 e. The number of imidazole rings is 1. The van der Waals surface area contributed by atoms with Gasteiger partial charge < -0.3 is 14.4 Å². The highest BCUT2D eigenvalue weighted by molar-refractivity contribution is 6.42. The number of nitrogens with zero attached hydrogens (tertiary/aromatic N) is 7. The Morgan fingerprint density at radius 3 is 2.53 bits per heavy atom. The Morgan fingerprint density at radius 1 is 1.09 bits per heavy atom. The molecule has 4 heterocycles. The number of hydrogen-bond acceptors (Lipinski definition) is 8. The second kappa shape index (κ2) is 8.57. The summed E-state index contributed by atoms with van der Waals surface area (Å²) in [4.78, 5) is 32.2. The molecule has 1 aliphatic heterocycles. The van der Waals surface area contributed by atoms with Crippen molar-refractivity contribution >= 4 is 40.3 Å². The van der Waals surface area contributed by atoms with Crippen molar-refractivity contribution in [2.24, 2.45) is 14.1 Å². The SMILES string of the molecule is Cn1c(=O)c2c(nc(N3CCC(O)CC3)n2Cc2nnc(-c3ccc(Cl)c(Cl)c3)o2)n(C)c1=O. The smallest absolute Gasteiger partial charge is 0.332 e. The summed E-state index contributed by atoms with van der Waals surface area (Å²) in [5.41, 5.74) is 0.172. The fraction of sp³-hybridized carbons (Fsp3) is 0.381. The molecule has 5 rings (SSSR count). The van der Waals surface area contributed by atoms with Gasteiger partial charge in [-0.25, -0.2) is 4.79 Å². The maximum Gasteiger partial charge on any atom is 0.332 e. The van der Waals surface area contributed by atoms with E-state index in [2.05, 4.69) is 15.2 Å². The molecule has 34 heavy (non-hydrogen) atoms. The van der Waals surface area contributed by atoms with Gasteiger partial charge in [0.1, 0.15) is 6.54 Å². The number of benzene rings is 1. The fourth-order valence-electron chi connectivity index (χ4n) is 4.09. The highest BCUT2D eigenvalue weighted by Crippen LogP contribution is 2.29. The molecule has 1 N–H and O–H groups in total. The number of aliphatic hydroxyl groups is 1. The lowest BCUT2D eigenvalue weighted by Gasteiger charge is -2.30. The van der Waals surface area contributed by atoms with E-state index in [1.807, 2.05) is 4.90 Å². The summed E-state index contributed by atoms with van der Waals surface area (Å²) in [5, 5.41) is 18.9. The minimum absolute atomic E-state index is 0.0622. The molecule has 3 aromatic heterocycles. The van der Waals surface area contributed by atoms with Crippen molar-refractivity contribution in [3.8, 4) is 11.5 Å². The van der Waals surface area contributed by atoms with Gasteiger partial charge in [0.25, 0.3) is 5.56 Å². The van der Waals surface area contributed by atoms with Crippen LogP contribution in [-0.2, 0) is 20.6 Å². The van der Waals surface area contributed by atoms with Crippen molar-refractivity contribution in [2.45, 2.75) is 25.5 Å². The van der Waals surface area contributed by atoms with Crippen LogP contribution in [0.5, 0.6) is 0 Å². The summed E-state index contributed by atoms with van der Waals surface area (Å²) in [6.07, 6.45) is 0.765. The summed E-state index contributed by atoms with van der Waals surface area (Å²) in [7, 11) is 2.99. The highest BCUT2D eigenvalue weighted by atomic mass is 35.5. The van der Waals surface area contributed by atoms with E-state index >= 15 is 0 Å². The van der Waals surface area contributed by atoms with E-state index < -0.39 is 11.2 Å². The third-order valence-corrected chi connectivity index (χ3v) is 6.74. The maximum atomic E-state index is 13.1. The molecular formula is C21H21Cl2N7O4. The topological polar surface area (TPSA) is 124 Å². The summed E-state index contributed by atoms with van der Waals surface area (Å²) in [6, 6.07) is 4.98. The van der Waals surface area contributed by atoms with Crippen LogP contribution in [0.4, 0.5) is 5.95 Å². The molecule has 0 amide bonds.